The van der Waals surface area contributed by atoms with E-state index in [4.69, 9.17) is 5.11 Å². The van der Waals surface area contributed by atoms with Crippen LogP contribution in [0.15, 0.2) is 34.7 Å². The summed E-state index contributed by atoms with van der Waals surface area (Å²) < 4.78 is 26.5. The van der Waals surface area contributed by atoms with Crippen molar-refractivity contribution in [1.29, 1.82) is 0 Å². The highest BCUT2D eigenvalue weighted by Crippen LogP contribution is 2.19. The number of aryl methyl sites for hydroxylation is 1. The van der Waals surface area contributed by atoms with Gasteiger partial charge in [-0.25, -0.2) is 17.9 Å². The molecule has 0 aliphatic rings. The molecule has 0 atom stereocenters. The Kier molecular flexibility index (Phi) is 4.17. The molecule has 0 unspecified atom stereocenters. The number of aromatic nitrogens is 1. The monoisotopic (exact) mass is 312 g/mol. The van der Waals surface area contributed by atoms with Crippen molar-refractivity contribution in [3.8, 4) is 0 Å². The zero-order chi connectivity index (χ0) is 14.8. The molecule has 0 aliphatic carbocycles. The van der Waals surface area contributed by atoms with Crippen molar-refractivity contribution in [3.05, 3.63) is 45.9 Å². The average molecular weight is 312 g/mol. The van der Waals surface area contributed by atoms with E-state index >= 15 is 0 Å². The highest BCUT2D eigenvalue weighted by molar-refractivity contribution is 7.89. The first-order chi connectivity index (χ1) is 9.40. The minimum atomic E-state index is -3.73. The van der Waals surface area contributed by atoms with Gasteiger partial charge in [0.15, 0.2) is 0 Å². The van der Waals surface area contributed by atoms with E-state index in [1.165, 1.54) is 5.38 Å². The Morgan fingerprint density at radius 3 is 2.85 bits per heavy atom. The van der Waals surface area contributed by atoms with E-state index in [2.05, 4.69) is 9.71 Å². The Bertz CT molecular complexity index is 737. The summed E-state index contributed by atoms with van der Waals surface area (Å²) >= 11 is 0.875. The quantitative estimate of drug-likeness (QED) is 0.874. The Morgan fingerprint density at radius 2 is 2.25 bits per heavy atom. The Labute approximate surface area is 120 Å². The summed E-state index contributed by atoms with van der Waals surface area (Å²) in [5, 5.41) is 10.1. The van der Waals surface area contributed by atoms with Crippen LogP contribution in [0.1, 0.15) is 20.9 Å². The zero-order valence-electron chi connectivity index (χ0n) is 10.5. The fourth-order valence-corrected chi connectivity index (χ4v) is 3.62. The van der Waals surface area contributed by atoms with Crippen LogP contribution in [0.2, 0.25) is 0 Å². The highest BCUT2D eigenvalue weighted by atomic mass is 32.2. The van der Waals surface area contributed by atoms with Crippen LogP contribution in [0.3, 0.4) is 0 Å². The first-order valence-electron chi connectivity index (χ1n) is 5.62. The number of nitrogens with one attached hydrogen (secondary N) is 1. The number of nitrogens with zero attached hydrogens (tertiary/aromatic N) is 1. The van der Waals surface area contributed by atoms with Gasteiger partial charge in [0.05, 0.1) is 17.1 Å². The number of rotatable bonds is 5. The fourth-order valence-electron chi connectivity index (χ4n) is 1.52. The SMILES string of the molecule is Cc1cccnc1CNS(=O)(=O)c1csc(C(=O)O)c1. The number of hydrogen-bond donors (Lipinski definition) is 2. The predicted molar refractivity (Wildman–Crippen MR) is 74.3 cm³/mol. The Hall–Kier alpha value is -1.77. The molecule has 2 heterocycles. The van der Waals surface area contributed by atoms with E-state index < -0.39 is 16.0 Å². The maximum absolute atomic E-state index is 12.0. The molecule has 2 N–H and O–H groups in total. The van der Waals surface area contributed by atoms with Gasteiger partial charge < -0.3 is 5.11 Å². The van der Waals surface area contributed by atoms with Gasteiger partial charge in [-0.2, -0.15) is 0 Å². The van der Waals surface area contributed by atoms with E-state index in [1.807, 2.05) is 13.0 Å². The third kappa shape index (κ3) is 3.21. The second-order valence-electron chi connectivity index (χ2n) is 4.04. The molecular formula is C12H12N2O4S2. The summed E-state index contributed by atoms with van der Waals surface area (Å²) in [7, 11) is -3.73. The molecule has 20 heavy (non-hydrogen) atoms. The lowest BCUT2D eigenvalue weighted by Gasteiger charge is -2.06. The lowest BCUT2D eigenvalue weighted by molar-refractivity contribution is 0.0702. The van der Waals surface area contributed by atoms with E-state index in [-0.39, 0.29) is 16.3 Å². The van der Waals surface area contributed by atoms with Crippen molar-refractivity contribution >= 4 is 27.3 Å². The van der Waals surface area contributed by atoms with Crippen molar-refractivity contribution in [2.75, 3.05) is 0 Å². The number of pyridine rings is 1. The lowest BCUT2D eigenvalue weighted by atomic mass is 10.2. The molecule has 0 amide bonds. The molecular weight excluding hydrogens is 300 g/mol. The van der Waals surface area contributed by atoms with Gasteiger partial charge in [0.25, 0.3) is 0 Å². The zero-order valence-corrected chi connectivity index (χ0v) is 12.2. The van der Waals surface area contributed by atoms with E-state index in [0.717, 1.165) is 23.0 Å². The van der Waals surface area contributed by atoms with Crippen molar-refractivity contribution in [3.63, 3.8) is 0 Å². The molecule has 0 fully saturated rings. The summed E-state index contributed by atoms with van der Waals surface area (Å²) in [6.07, 6.45) is 1.59. The number of carbonyl (C=O) groups is 1. The summed E-state index contributed by atoms with van der Waals surface area (Å²) in [6, 6.07) is 4.75. The van der Waals surface area contributed by atoms with E-state index in [1.54, 1.807) is 12.3 Å². The lowest BCUT2D eigenvalue weighted by Crippen LogP contribution is -2.23. The molecule has 2 aromatic rings. The molecule has 0 saturated heterocycles. The van der Waals surface area contributed by atoms with Crippen LogP contribution in [-0.2, 0) is 16.6 Å². The summed E-state index contributed by atoms with van der Waals surface area (Å²) in [5.74, 6) is -1.14. The first-order valence-corrected chi connectivity index (χ1v) is 7.98. The highest BCUT2D eigenvalue weighted by Gasteiger charge is 2.18. The number of aromatic carboxylic acids is 1. The molecule has 0 aliphatic heterocycles. The Balaban J connectivity index is 2.15. The summed E-state index contributed by atoms with van der Waals surface area (Å²) in [4.78, 5) is 14.8. The largest absolute Gasteiger partial charge is 0.477 e. The van der Waals surface area contributed by atoms with Crippen LogP contribution in [-0.4, -0.2) is 24.5 Å². The summed E-state index contributed by atoms with van der Waals surface area (Å²) in [5.41, 5.74) is 1.51. The molecule has 2 aromatic heterocycles. The molecule has 8 heteroatoms. The van der Waals surface area contributed by atoms with Crippen molar-refractivity contribution in [1.82, 2.24) is 9.71 Å². The second-order valence-corrected chi connectivity index (χ2v) is 6.72. The van der Waals surface area contributed by atoms with Gasteiger partial charge in [0, 0.05) is 11.6 Å². The maximum atomic E-state index is 12.0. The average Bonchev–Trinajstić information content (AvgIpc) is 2.88. The van der Waals surface area contributed by atoms with Crippen molar-refractivity contribution in [2.24, 2.45) is 0 Å². The minimum Gasteiger partial charge on any atom is -0.477 e. The molecule has 2 rings (SSSR count). The van der Waals surface area contributed by atoms with Gasteiger partial charge in [-0.3, -0.25) is 4.98 Å². The van der Waals surface area contributed by atoms with E-state index in [0.29, 0.717) is 5.69 Å². The number of carboxylic acids is 1. The molecule has 0 spiro atoms. The van der Waals surface area contributed by atoms with Gasteiger partial charge in [-0.15, -0.1) is 11.3 Å². The fraction of sp³-hybridized carbons (Fsp3) is 0.167. The van der Waals surface area contributed by atoms with Crippen molar-refractivity contribution < 1.29 is 18.3 Å². The Morgan fingerprint density at radius 1 is 1.50 bits per heavy atom. The van der Waals surface area contributed by atoms with Crippen LogP contribution in [0.4, 0.5) is 0 Å². The van der Waals surface area contributed by atoms with E-state index in [9.17, 15) is 13.2 Å². The second kappa shape index (κ2) is 5.70. The van der Waals surface area contributed by atoms with Gasteiger partial charge in [0.1, 0.15) is 4.88 Å². The third-order valence-electron chi connectivity index (χ3n) is 2.64. The number of sulfonamides is 1. The maximum Gasteiger partial charge on any atom is 0.345 e. The van der Waals surface area contributed by atoms with Gasteiger partial charge >= 0.3 is 5.97 Å². The predicted octanol–water partition coefficient (Wildman–Crippen LogP) is 1.63. The van der Waals surface area contributed by atoms with Crippen molar-refractivity contribution in [2.45, 2.75) is 18.4 Å². The third-order valence-corrected chi connectivity index (χ3v) is 5.09. The molecule has 106 valence electrons. The van der Waals surface area contributed by atoms with Gasteiger partial charge in [0.2, 0.25) is 10.0 Å². The van der Waals surface area contributed by atoms with Crippen LogP contribution in [0, 0.1) is 6.92 Å². The van der Waals surface area contributed by atoms with Gasteiger partial charge in [-0.1, -0.05) is 6.07 Å². The number of carboxylic acid groups (broad SMARTS) is 1. The smallest absolute Gasteiger partial charge is 0.345 e. The first kappa shape index (κ1) is 14.6. The van der Waals surface area contributed by atoms with Crippen LogP contribution >= 0.6 is 11.3 Å². The topological polar surface area (TPSA) is 96.4 Å². The minimum absolute atomic E-state index is 0.0145. The van der Waals surface area contributed by atoms with Crippen LogP contribution in [0.25, 0.3) is 0 Å². The molecule has 0 saturated carbocycles. The number of hydrogen-bond acceptors (Lipinski definition) is 5. The molecule has 0 bridgehead atoms. The molecule has 0 aromatic carbocycles. The molecule has 0 radical (unpaired) electrons. The van der Waals surface area contributed by atoms with Gasteiger partial charge in [-0.05, 0) is 24.6 Å². The number of thiophene rings is 1. The standard InChI is InChI=1S/C12H12N2O4S2/c1-8-3-2-4-13-10(8)6-14-20(17,18)9-5-11(12(15)16)19-7-9/h2-5,7,14H,6H2,1H3,(H,15,16). The summed E-state index contributed by atoms with van der Waals surface area (Å²) in [6.45, 7) is 1.90. The van der Waals surface area contributed by atoms with Crippen LogP contribution < -0.4 is 4.72 Å². The molecule has 6 nitrogen and oxygen atoms in total. The normalized spacial score (nSPS) is 11.4. The van der Waals surface area contributed by atoms with Crippen LogP contribution in [0.5, 0.6) is 0 Å².